The highest BCUT2D eigenvalue weighted by molar-refractivity contribution is 7.92. The topological polar surface area (TPSA) is 122 Å². The highest BCUT2D eigenvalue weighted by Crippen LogP contribution is 2.33. The van der Waals surface area contributed by atoms with Crippen LogP contribution in [0.15, 0.2) is 76.5 Å². The molecular weight excluding hydrogens is 530 g/mol. The zero-order valence-electron chi connectivity index (χ0n) is 20.7. The average molecular weight is 558 g/mol. The quantitative estimate of drug-likeness (QED) is 0.474. The van der Waals surface area contributed by atoms with E-state index in [1.807, 2.05) is 12.1 Å². The van der Waals surface area contributed by atoms with Gasteiger partial charge in [-0.05, 0) is 54.4 Å². The van der Waals surface area contributed by atoms with Crippen LogP contribution in [0.4, 0.5) is 11.4 Å². The summed E-state index contributed by atoms with van der Waals surface area (Å²) in [6.07, 6.45) is 0.614. The van der Waals surface area contributed by atoms with Crippen molar-refractivity contribution in [2.75, 3.05) is 49.6 Å². The smallest absolute Gasteiger partial charge is 0.264 e. The zero-order valence-corrected chi connectivity index (χ0v) is 22.3. The van der Waals surface area contributed by atoms with E-state index >= 15 is 0 Å². The molecule has 200 valence electrons. The Hall–Kier alpha value is -3.45. The van der Waals surface area contributed by atoms with Gasteiger partial charge in [-0.3, -0.25) is 9.10 Å². The summed E-state index contributed by atoms with van der Waals surface area (Å²) in [5.41, 5.74) is 1.93. The number of carbonyl (C=O) groups is 1. The Morgan fingerprint density at radius 1 is 0.895 bits per heavy atom. The molecule has 0 spiro atoms. The second-order valence-electron chi connectivity index (χ2n) is 8.82. The lowest BCUT2D eigenvalue weighted by atomic mass is 10.2. The summed E-state index contributed by atoms with van der Waals surface area (Å²) in [5.74, 6) is -0.433. The molecule has 10 nitrogen and oxygen atoms in total. The Labute approximate surface area is 221 Å². The van der Waals surface area contributed by atoms with Crippen molar-refractivity contribution < 1.29 is 31.1 Å². The fraction of sp³-hybridized carbons (Fsp3) is 0.269. The van der Waals surface area contributed by atoms with Crippen LogP contribution in [0.25, 0.3) is 0 Å². The van der Waals surface area contributed by atoms with Gasteiger partial charge in [-0.2, -0.15) is 4.31 Å². The second kappa shape index (κ2) is 10.4. The lowest BCUT2D eigenvalue weighted by molar-refractivity contribution is 0.0729. The number of carbonyl (C=O) groups excluding carboxylic acids is 1. The number of methoxy groups -OCH3 is 1. The molecule has 38 heavy (non-hydrogen) atoms. The van der Waals surface area contributed by atoms with E-state index in [4.69, 9.17) is 9.47 Å². The maximum atomic E-state index is 13.4. The molecule has 1 fully saturated rings. The summed E-state index contributed by atoms with van der Waals surface area (Å²) in [4.78, 5) is 13.0. The van der Waals surface area contributed by atoms with Crippen LogP contribution in [0.3, 0.4) is 0 Å². The Bertz CT molecular complexity index is 1580. The first-order valence-corrected chi connectivity index (χ1v) is 14.9. The van der Waals surface area contributed by atoms with Crippen molar-refractivity contribution in [3.05, 3.63) is 77.9 Å². The molecule has 0 atom stereocenters. The van der Waals surface area contributed by atoms with Crippen LogP contribution in [-0.4, -0.2) is 67.0 Å². The summed E-state index contributed by atoms with van der Waals surface area (Å²) < 4.78 is 66.5. The van der Waals surface area contributed by atoms with Crippen LogP contribution in [0.1, 0.15) is 15.9 Å². The van der Waals surface area contributed by atoms with Gasteiger partial charge in [0.25, 0.3) is 15.9 Å². The number of anilines is 2. The number of hydrogen-bond acceptors (Lipinski definition) is 7. The van der Waals surface area contributed by atoms with Gasteiger partial charge in [0, 0.05) is 30.9 Å². The number of ether oxygens (including phenoxy) is 2. The monoisotopic (exact) mass is 557 g/mol. The zero-order chi connectivity index (χ0) is 26.9. The van der Waals surface area contributed by atoms with Gasteiger partial charge in [0.05, 0.1) is 30.9 Å². The molecule has 0 saturated carbocycles. The summed E-state index contributed by atoms with van der Waals surface area (Å²) >= 11 is 0. The first kappa shape index (κ1) is 26.2. The number of morpholine rings is 1. The standard InChI is InChI=1S/C26H27N3O7S2/c1-35-24-10-9-21(18-25(24)38(33,34)28-13-15-36-16-14-28)27-26(30)20-6-4-7-22(17-20)37(31,32)29-12-11-19-5-2-3-8-23(19)29/h2-10,17-18H,11-16H2,1H3,(H,27,30). The first-order valence-electron chi connectivity index (χ1n) is 12.0. The van der Waals surface area contributed by atoms with Crippen molar-refractivity contribution in [3.63, 3.8) is 0 Å². The van der Waals surface area contributed by atoms with Crippen LogP contribution in [0.5, 0.6) is 5.75 Å². The van der Waals surface area contributed by atoms with Crippen molar-refractivity contribution in [3.8, 4) is 5.75 Å². The van der Waals surface area contributed by atoms with Crippen molar-refractivity contribution in [1.82, 2.24) is 4.31 Å². The first-order chi connectivity index (χ1) is 18.2. The number of fused-ring (bicyclic) bond motifs is 1. The van der Waals surface area contributed by atoms with Gasteiger partial charge >= 0.3 is 0 Å². The van der Waals surface area contributed by atoms with Gasteiger partial charge in [-0.25, -0.2) is 16.8 Å². The van der Waals surface area contributed by atoms with Crippen LogP contribution in [0, 0.1) is 0 Å². The Kier molecular flexibility index (Phi) is 7.14. The molecule has 12 heteroatoms. The molecule has 0 aromatic heterocycles. The van der Waals surface area contributed by atoms with E-state index in [1.165, 1.54) is 58.2 Å². The molecule has 2 heterocycles. The van der Waals surface area contributed by atoms with Gasteiger partial charge in [0.1, 0.15) is 10.6 Å². The molecule has 5 rings (SSSR count). The fourth-order valence-electron chi connectivity index (χ4n) is 4.57. The largest absolute Gasteiger partial charge is 0.495 e. The number of hydrogen-bond donors (Lipinski definition) is 1. The lowest BCUT2D eigenvalue weighted by Gasteiger charge is -2.26. The second-order valence-corrected chi connectivity index (χ2v) is 12.6. The van der Waals surface area contributed by atoms with E-state index < -0.39 is 26.0 Å². The Balaban J connectivity index is 1.40. The maximum Gasteiger partial charge on any atom is 0.264 e. The molecule has 0 bridgehead atoms. The highest BCUT2D eigenvalue weighted by Gasteiger charge is 2.32. The van der Waals surface area contributed by atoms with Gasteiger partial charge in [-0.15, -0.1) is 0 Å². The van der Waals surface area contributed by atoms with E-state index in [0.29, 0.717) is 31.9 Å². The number of benzene rings is 3. The Morgan fingerprint density at radius 3 is 2.42 bits per heavy atom. The molecule has 0 unspecified atom stereocenters. The third-order valence-corrected chi connectivity index (χ3v) is 10.3. The lowest BCUT2D eigenvalue weighted by Crippen LogP contribution is -2.40. The van der Waals surface area contributed by atoms with Crippen molar-refractivity contribution in [1.29, 1.82) is 0 Å². The van der Waals surface area contributed by atoms with Gasteiger partial charge < -0.3 is 14.8 Å². The third kappa shape index (κ3) is 4.87. The van der Waals surface area contributed by atoms with Gasteiger partial charge in [-0.1, -0.05) is 24.3 Å². The van der Waals surface area contributed by atoms with E-state index in [-0.39, 0.29) is 39.9 Å². The van der Waals surface area contributed by atoms with E-state index in [1.54, 1.807) is 12.1 Å². The van der Waals surface area contributed by atoms with Crippen molar-refractivity contribution in [2.24, 2.45) is 0 Å². The predicted octanol–water partition coefficient (Wildman–Crippen LogP) is 2.72. The van der Waals surface area contributed by atoms with Gasteiger partial charge in [0.15, 0.2) is 0 Å². The van der Waals surface area contributed by atoms with E-state index in [0.717, 1.165) is 5.56 Å². The highest BCUT2D eigenvalue weighted by atomic mass is 32.2. The normalized spacial score (nSPS) is 16.2. The minimum absolute atomic E-state index is 0.00725. The number of para-hydroxylation sites is 1. The van der Waals surface area contributed by atoms with Crippen LogP contribution >= 0.6 is 0 Å². The molecule has 1 amide bonds. The van der Waals surface area contributed by atoms with E-state index in [9.17, 15) is 21.6 Å². The maximum absolute atomic E-state index is 13.4. The number of rotatable bonds is 7. The summed E-state index contributed by atoms with van der Waals surface area (Å²) in [6.45, 7) is 1.33. The summed E-state index contributed by atoms with van der Waals surface area (Å²) in [7, 11) is -6.41. The minimum atomic E-state index is -3.90. The molecule has 0 aliphatic carbocycles. The number of amides is 1. The van der Waals surface area contributed by atoms with Crippen molar-refractivity contribution in [2.45, 2.75) is 16.2 Å². The van der Waals surface area contributed by atoms with Crippen molar-refractivity contribution >= 4 is 37.3 Å². The molecule has 3 aromatic rings. The number of sulfonamides is 2. The fourth-order valence-corrected chi connectivity index (χ4v) is 7.71. The van der Waals surface area contributed by atoms with Crippen LogP contribution < -0.4 is 14.4 Å². The summed E-state index contributed by atoms with van der Waals surface area (Å²) in [6, 6.07) is 17.4. The molecule has 3 aromatic carbocycles. The van der Waals surface area contributed by atoms with Crippen LogP contribution in [0.2, 0.25) is 0 Å². The predicted molar refractivity (Wildman–Crippen MR) is 142 cm³/mol. The van der Waals surface area contributed by atoms with Gasteiger partial charge in [0.2, 0.25) is 10.0 Å². The van der Waals surface area contributed by atoms with Crippen LogP contribution in [-0.2, 0) is 31.2 Å². The molecule has 1 N–H and O–H groups in total. The third-order valence-electron chi connectivity index (χ3n) is 6.54. The molecule has 0 radical (unpaired) electrons. The molecular formula is C26H27N3O7S2. The Morgan fingerprint density at radius 2 is 1.66 bits per heavy atom. The molecule has 1 saturated heterocycles. The number of nitrogens with one attached hydrogen (secondary N) is 1. The molecule has 2 aliphatic rings. The summed E-state index contributed by atoms with van der Waals surface area (Å²) in [5, 5.41) is 2.68. The SMILES string of the molecule is COc1ccc(NC(=O)c2cccc(S(=O)(=O)N3CCc4ccccc43)c2)cc1S(=O)(=O)N1CCOCC1. The average Bonchev–Trinajstić information content (AvgIpc) is 3.39. The minimum Gasteiger partial charge on any atom is -0.495 e. The number of nitrogens with zero attached hydrogens (tertiary/aromatic N) is 2. The molecule has 2 aliphatic heterocycles. The van der Waals surface area contributed by atoms with E-state index in [2.05, 4.69) is 5.32 Å².